The Kier molecular flexibility index (Phi) is 49.3. The lowest BCUT2D eigenvalue weighted by Crippen LogP contribution is -2.29. The van der Waals surface area contributed by atoms with Crippen LogP contribution in [0, 0.1) is 0 Å². The van der Waals surface area contributed by atoms with Crippen LogP contribution >= 0.6 is 7.82 Å². The zero-order valence-corrected chi connectivity index (χ0v) is 43.1. The maximum absolute atomic E-state index is 12.6. The van der Waals surface area contributed by atoms with Gasteiger partial charge < -0.3 is 14.4 Å². The number of allylic oxidation sites excluding steroid dienone is 6. The van der Waals surface area contributed by atoms with Crippen molar-refractivity contribution in [1.29, 1.82) is 0 Å². The molecule has 0 aromatic rings. The summed E-state index contributed by atoms with van der Waals surface area (Å²) in [4.78, 5) is 35.0. The Morgan fingerprint density at radius 2 is 0.750 bits per heavy atom. The molecule has 0 amide bonds. The molecule has 0 saturated heterocycles. The van der Waals surface area contributed by atoms with Gasteiger partial charge in [-0.25, -0.2) is 4.57 Å². The molecule has 0 bridgehead atoms. The molecular formula is C55H103O8P. The Balaban J connectivity index is 3.94. The van der Waals surface area contributed by atoms with Gasteiger partial charge in [0.2, 0.25) is 0 Å². The first-order chi connectivity index (χ1) is 31.3. The molecule has 0 radical (unpaired) electrons. The molecule has 376 valence electrons. The predicted octanol–water partition coefficient (Wildman–Crippen LogP) is 17.9. The van der Waals surface area contributed by atoms with Crippen molar-refractivity contribution in [2.24, 2.45) is 0 Å². The Hall–Kier alpha value is -1.73. The summed E-state index contributed by atoms with van der Waals surface area (Å²) in [6.07, 6.45) is 60.7. The topological polar surface area (TPSA) is 108 Å². The average Bonchev–Trinajstić information content (AvgIpc) is 3.28. The highest BCUT2D eigenvalue weighted by atomic mass is 31.2. The molecule has 2 atom stereocenters. The van der Waals surface area contributed by atoms with Gasteiger partial charge in [0.1, 0.15) is 6.61 Å². The Labute approximate surface area is 395 Å². The molecular weight excluding hydrogens is 820 g/mol. The Bertz CT molecular complexity index is 1140. The van der Waals surface area contributed by atoms with E-state index in [0.717, 1.165) is 44.9 Å². The highest BCUT2D eigenvalue weighted by Gasteiger charge is 2.25. The number of phosphoric ester groups is 1. The fourth-order valence-electron chi connectivity index (χ4n) is 7.89. The van der Waals surface area contributed by atoms with Crippen LogP contribution in [0.3, 0.4) is 0 Å². The normalized spacial score (nSPS) is 13.4. The van der Waals surface area contributed by atoms with Gasteiger partial charge in [-0.2, -0.15) is 0 Å². The zero-order chi connectivity index (χ0) is 46.7. The average molecular weight is 923 g/mol. The van der Waals surface area contributed by atoms with E-state index < -0.39 is 26.5 Å². The third-order valence-corrected chi connectivity index (χ3v) is 13.0. The van der Waals surface area contributed by atoms with Crippen LogP contribution in [0.1, 0.15) is 278 Å². The van der Waals surface area contributed by atoms with Gasteiger partial charge >= 0.3 is 19.8 Å². The van der Waals surface area contributed by atoms with Gasteiger partial charge in [0.15, 0.2) is 6.10 Å². The minimum atomic E-state index is -4.29. The largest absolute Gasteiger partial charge is 0.472 e. The van der Waals surface area contributed by atoms with E-state index in [2.05, 4.69) is 50.3 Å². The molecule has 0 aliphatic heterocycles. The van der Waals surface area contributed by atoms with E-state index in [1.165, 1.54) is 193 Å². The first-order valence-electron chi connectivity index (χ1n) is 27.3. The van der Waals surface area contributed by atoms with E-state index in [9.17, 15) is 19.0 Å². The van der Waals surface area contributed by atoms with Crippen LogP contribution in [0.5, 0.6) is 0 Å². The van der Waals surface area contributed by atoms with Gasteiger partial charge in [0.05, 0.1) is 13.2 Å². The van der Waals surface area contributed by atoms with Gasteiger partial charge in [0, 0.05) is 12.8 Å². The molecule has 0 heterocycles. The van der Waals surface area contributed by atoms with Gasteiger partial charge in [-0.1, -0.05) is 224 Å². The number of phosphoric acid groups is 1. The number of hydrogen-bond donors (Lipinski definition) is 1. The van der Waals surface area contributed by atoms with E-state index >= 15 is 0 Å². The van der Waals surface area contributed by atoms with Crippen molar-refractivity contribution >= 4 is 19.8 Å². The van der Waals surface area contributed by atoms with E-state index in [0.29, 0.717) is 12.8 Å². The van der Waals surface area contributed by atoms with Crippen LogP contribution in [0.4, 0.5) is 0 Å². The lowest BCUT2D eigenvalue weighted by Gasteiger charge is -2.19. The summed E-state index contributed by atoms with van der Waals surface area (Å²) in [5, 5.41) is 0. The number of carbonyl (C=O) groups excluding carboxylic acids is 2. The van der Waals surface area contributed by atoms with Crippen molar-refractivity contribution in [3.8, 4) is 0 Å². The number of unbranched alkanes of at least 4 members (excludes halogenated alkanes) is 33. The van der Waals surface area contributed by atoms with Crippen molar-refractivity contribution in [2.75, 3.05) is 19.8 Å². The predicted molar refractivity (Wildman–Crippen MR) is 272 cm³/mol. The van der Waals surface area contributed by atoms with E-state index in [-0.39, 0.29) is 25.6 Å². The third-order valence-electron chi connectivity index (χ3n) is 11.9. The maximum Gasteiger partial charge on any atom is 0.472 e. The molecule has 2 unspecified atom stereocenters. The molecule has 8 nitrogen and oxygen atoms in total. The standard InChI is InChI=1S/C55H103O8P/c1-4-7-9-11-13-15-17-19-21-23-25-27-28-30-31-33-35-37-39-41-43-45-47-49-54(56)60-51-53(52-62-64(58,59)61-6-3)63-55(57)50-48-46-44-42-40-38-36-34-32-29-26-24-22-20-18-16-14-12-10-8-5-2/h18,20,23-26,53H,4-17,19,21-22,27-52H2,1-3H3,(H,58,59)/b20-18-,25-23-,26-24-. The summed E-state index contributed by atoms with van der Waals surface area (Å²) >= 11 is 0. The third kappa shape index (κ3) is 49.7. The summed E-state index contributed by atoms with van der Waals surface area (Å²) in [6.45, 7) is 5.51. The van der Waals surface area contributed by atoms with Crippen molar-refractivity contribution in [3.05, 3.63) is 36.5 Å². The number of hydrogen-bond acceptors (Lipinski definition) is 7. The summed E-state index contributed by atoms with van der Waals surface area (Å²) in [5.41, 5.74) is 0. The van der Waals surface area contributed by atoms with Crippen LogP contribution in [0.2, 0.25) is 0 Å². The second-order valence-corrected chi connectivity index (χ2v) is 19.7. The first-order valence-corrected chi connectivity index (χ1v) is 28.8. The highest BCUT2D eigenvalue weighted by molar-refractivity contribution is 7.47. The number of esters is 2. The molecule has 0 aromatic heterocycles. The van der Waals surface area contributed by atoms with Crippen molar-refractivity contribution in [3.63, 3.8) is 0 Å². The summed E-state index contributed by atoms with van der Waals surface area (Å²) < 4.78 is 32.9. The molecule has 0 aromatic carbocycles. The SMILES string of the molecule is CCCCCCC/C=C\C/C=C\CCCCCCCCCCCC(=O)OC(COC(=O)CCCCCCCCCCCCC/C=C\CCCCCCCCCC)COP(=O)(O)OCC. The van der Waals surface area contributed by atoms with Crippen molar-refractivity contribution < 1.29 is 37.6 Å². The van der Waals surface area contributed by atoms with Crippen LogP contribution in [-0.4, -0.2) is 42.8 Å². The van der Waals surface area contributed by atoms with Crippen molar-refractivity contribution in [1.82, 2.24) is 0 Å². The lowest BCUT2D eigenvalue weighted by atomic mass is 10.0. The molecule has 0 aliphatic carbocycles. The van der Waals surface area contributed by atoms with E-state index in [4.69, 9.17) is 18.5 Å². The molecule has 0 spiro atoms. The van der Waals surface area contributed by atoms with Gasteiger partial charge in [-0.3, -0.25) is 18.6 Å². The summed E-state index contributed by atoms with van der Waals surface area (Å²) in [7, 11) is -4.29. The van der Waals surface area contributed by atoms with Gasteiger partial charge in [-0.05, 0) is 77.6 Å². The monoisotopic (exact) mass is 923 g/mol. The second-order valence-electron chi connectivity index (χ2n) is 18.2. The molecule has 0 aliphatic rings. The van der Waals surface area contributed by atoms with Gasteiger partial charge in [-0.15, -0.1) is 0 Å². The highest BCUT2D eigenvalue weighted by Crippen LogP contribution is 2.43. The Morgan fingerprint density at radius 1 is 0.422 bits per heavy atom. The molecule has 9 heteroatoms. The minimum absolute atomic E-state index is 0.000198. The fourth-order valence-corrected chi connectivity index (χ4v) is 8.65. The number of rotatable bonds is 51. The van der Waals surface area contributed by atoms with Crippen molar-refractivity contribution in [2.45, 2.75) is 284 Å². The maximum atomic E-state index is 12.6. The molecule has 0 fully saturated rings. The Morgan fingerprint density at radius 3 is 1.12 bits per heavy atom. The molecule has 1 N–H and O–H groups in total. The fraction of sp³-hybridized carbons (Fsp3) is 0.855. The van der Waals surface area contributed by atoms with E-state index in [1.54, 1.807) is 6.92 Å². The smallest absolute Gasteiger partial charge is 0.462 e. The van der Waals surface area contributed by atoms with Gasteiger partial charge in [0.25, 0.3) is 0 Å². The van der Waals surface area contributed by atoms with Crippen LogP contribution in [0.15, 0.2) is 36.5 Å². The summed E-state index contributed by atoms with van der Waals surface area (Å²) in [6, 6.07) is 0. The number of carbonyl (C=O) groups is 2. The molecule has 64 heavy (non-hydrogen) atoms. The van der Waals surface area contributed by atoms with E-state index in [1.807, 2.05) is 0 Å². The quantitative estimate of drug-likeness (QED) is 0.0278. The van der Waals surface area contributed by atoms with Crippen LogP contribution < -0.4 is 0 Å². The lowest BCUT2D eigenvalue weighted by molar-refractivity contribution is -0.161. The molecule has 0 rings (SSSR count). The summed E-state index contributed by atoms with van der Waals surface area (Å²) in [5.74, 6) is -0.792. The molecule has 0 saturated carbocycles. The first kappa shape index (κ1) is 62.3. The van der Waals surface area contributed by atoms with Crippen LogP contribution in [0.25, 0.3) is 0 Å². The zero-order valence-electron chi connectivity index (χ0n) is 42.2. The number of ether oxygens (including phenoxy) is 2. The van der Waals surface area contributed by atoms with Crippen LogP contribution in [-0.2, 0) is 32.7 Å². The second kappa shape index (κ2) is 50.7. The minimum Gasteiger partial charge on any atom is -0.462 e.